The van der Waals surface area contributed by atoms with Gasteiger partial charge in [0.25, 0.3) is 0 Å². The molecule has 2 saturated heterocycles. The first-order chi connectivity index (χ1) is 11.2. The maximum absolute atomic E-state index is 9.01. The molecule has 2 aliphatic rings. The van der Waals surface area contributed by atoms with Crippen molar-refractivity contribution in [3.8, 4) is 0 Å². The number of imidazole rings is 1. The fourth-order valence-electron chi connectivity index (χ4n) is 4.19. The molecule has 0 saturated carbocycles. The topological polar surface area (TPSA) is 91.7 Å². The highest BCUT2D eigenvalue weighted by Gasteiger charge is 2.43. The van der Waals surface area contributed by atoms with E-state index in [1.54, 1.807) is 6.33 Å². The third kappa shape index (κ3) is 2.23. The summed E-state index contributed by atoms with van der Waals surface area (Å²) in [5, 5.41) is 12.1. The van der Waals surface area contributed by atoms with Gasteiger partial charge in [-0.1, -0.05) is 11.2 Å². The average molecular weight is 314 g/mol. The molecule has 0 aliphatic carbocycles. The molecule has 7 nitrogen and oxygen atoms in total. The molecule has 1 aromatic heterocycles. The largest absolute Gasteiger partial charge is 0.409 e. The number of oxime groups is 1. The second-order valence-corrected chi connectivity index (χ2v) is 6.53. The van der Waals surface area contributed by atoms with E-state index in [0.29, 0.717) is 5.56 Å². The molecule has 4 rings (SSSR count). The molecule has 122 valence electrons. The lowest BCUT2D eigenvalue weighted by Crippen LogP contribution is -2.45. The maximum atomic E-state index is 9.01. The number of amidine groups is 1. The molecule has 0 spiro atoms. The molecular formula is C16H22N6O. The van der Waals surface area contributed by atoms with Gasteiger partial charge in [0.15, 0.2) is 5.84 Å². The normalized spacial score (nSPS) is 21.0. The second kappa shape index (κ2) is 5.42. The Kier molecular flexibility index (Phi) is 3.37. The van der Waals surface area contributed by atoms with Crippen molar-refractivity contribution in [2.45, 2.75) is 31.2 Å². The summed E-state index contributed by atoms with van der Waals surface area (Å²) in [5.41, 5.74) is 12.0. The lowest BCUT2D eigenvalue weighted by atomic mass is 9.94. The summed E-state index contributed by atoms with van der Waals surface area (Å²) in [7, 11) is 0. The van der Waals surface area contributed by atoms with Crippen LogP contribution in [-0.4, -0.2) is 50.8 Å². The molecule has 0 atom stereocenters. The van der Waals surface area contributed by atoms with E-state index in [1.807, 2.05) is 22.9 Å². The van der Waals surface area contributed by atoms with Crippen molar-refractivity contribution < 1.29 is 5.21 Å². The van der Waals surface area contributed by atoms with Crippen LogP contribution in [0.15, 0.2) is 29.7 Å². The molecule has 0 amide bonds. The molecule has 1 aromatic carbocycles. The number of aromatic nitrogens is 2. The number of rotatable bonds is 4. The Labute approximate surface area is 134 Å². The van der Waals surface area contributed by atoms with Crippen LogP contribution < -0.4 is 11.2 Å². The number of para-hydroxylation sites is 1. The first-order valence-electron chi connectivity index (χ1n) is 8.16. The lowest BCUT2D eigenvalue weighted by molar-refractivity contribution is 0.205. The third-order valence-electron chi connectivity index (χ3n) is 5.34. The molecule has 2 aliphatic heterocycles. The van der Waals surface area contributed by atoms with Crippen LogP contribution in [0.3, 0.4) is 0 Å². The van der Waals surface area contributed by atoms with Crippen LogP contribution >= 0.6 is 0 Å². The summed E-state index contributed by atoms with van der Waals surface area (Å²) in [6.07, 6.45) is 6.83. The minimum Gasteiger partial charge on any atom is -0.409 e. The molecule has 23 heavy (non-hydrogen) atoms. The Morgan fingerprint density at radius 2 is 2.13 bits per heavy atom. The van der Waals surface area contributed by atoms with Crippen LogP contribution in [0.1, 0.15) is 31.2 Å². The fourth-order valence-corrected chi connectivity index (χ4v) is 4.19. The first kappa shape index (κ1) is 14.3. The molecule has 0 radical (unpaired) electrons. The van der Waals surface area contributed by atoms with Crippen molar-refractivity contribution in [3.63, 3.8) is 0 Å². The fraction of sp³-hybridized carbons (Fsp3) is 0.500. The van der Waals surface area contributed by atoms with Gasteiger partial charge in [-0.2, -0.15) is 0 Å². The van der Waals surface area contributed by atoms with E-state index >= 15 is 0 Å². The van der Waals surface area contributed by atoms with Gasteiger partial charge < -0.3 is 16.4 Å². The summed E-state index contributed by atoms with van der Waals surface area (Å²) in [5.74, 6) is 0.0978. The Morgan fingerprint density at radius 1 is 1.35 bits per heavy atom. The third-order valence-corrected chi connectivity index (χ3v) is 5.34. The quantitative estimate of drug-likeness (QED) is 0.342. The number of nitrogens with two attached hydrogens (primary N) is 1. The van der Waals surface area contributed by atoms with Gasteiger partial charge in [0.05, 0.1) is 5.52 Å². The highest BCUT2D eigenvalue weighted by molar-refractivity contribution is 6.07. The number of benzene rings is 1. The number of hydrogen-bond donors (Lipinski definition) is 3. The van der Waals surface area contributed by atoms with Crippen LogP contribution in [-0.2, 0) is 0 Å². The van der Waals surface area contributed by atoms with Gasteiger partial charge in [-0.25, -0.2) is 9.66 Å². The smallest absolute Gasteiger partial charge is 0.172 e. The predicted molar refractivity (Wildman–Crippen MR) is 89.2 cm³/mol. The Hall–Kier alpha value is -2.28. The second-order valence-electron chi connectivity index (χ2n) is 6.53. The molecule has 2 fully saturated rings. The maximum Gasteiger partial charge on any atom is 0.172 e. The summed E-state index contributed by atoms with van der Waals surface area (Å²) < 4.78 is 1.91. The standard InChI is InChI=1S/C16H22N6O/c17-15(20-23)12-4-1-5-13-14(12)22(11-18-13)19-10-16-6-2-8-21(16)9-3-7-16/h1,4-5,11,19,23H,2-3,6-10H2,(H2,17,20). The molecule has 4 N–H and O–H groups in total. The van der Waals surface area contributed by atoms with Crippen molar-refractivity contribution in [1.82, 2.24) is 14.6 Å². The number of nitrogens with one attached hydrogen (secondary N) is 1. The van der Waals surface area contributed by atoms with E-state index in [-0.39, 0.29) is 11.4 Å². The van der Waals surface area contributed by atoms with E-state index in [2.05, 4.69) is 20.5 Å². The van der Waals surface area contributed by atoms with Crippen LogP contribution in [0.25, 0.3) is 11.0 Å². The van der Waals surface area contributed by atoms with Crippen molar-refractivity contribution in [3.05, 3.63) is 30.1 Å². The Balaban J connectivity index is 1.65. The van der Waals surface area contributed by atoms with Gasteiger partial charge in [-0.15, -0.1) is 0 Å². The lowest BCUT2D eigenvalue weighted by Gasteiger charge is -2.32. The van der Waals surface area contributed by atoms with E-state index in [9.17, 15) is 0 Å². The number of hydrogen-bond acceptors (Lipinski definition) is 5. The molecular weight excluding hydrogens is 292 g/mol. The Morgan fingerprint density at radius 3 is 2.87 bits per heavy atom. The van der Waals surface area contributed by atoms with Gasteiger partial charge in [0.2, 0.25) is 0 Å². The summed E-state index contributed by atoms with van der Waals surface area (Å²) in [6, 6.07) is 5.63. The summed E-state index contributed by atoms with van der Waals surface area (Å²) in [6.45, 7) is 3.31. The number of fused-ring (bicyclic) bond motifs is 2. The predicted octanol–water partition coefficient (Wildman–Crippen LogP) is 1.30. The van der Waals surface area contributed by atoms with Crippen molar-refractivity contribution in [1.29, 1.82) is 0 Å². The molecule has 2 aromatic rings. The average Bonchev–Trinajstić information content (AvgIpc) is 3.25. The van der Waals surface area contributed by atoms with Gasteiger partial charge in [-0.3, -0.25) is 4.90 Å². The molecule has 0 unspecified atom stereocenters. The van der Waals surface area contributed by atoms with E-state index < -0.39 is 0 Å². The van der Waals surface area contributed by atoms with E-state index in [1.165, 1.54) is 38.8 Å². The van der Waals surface area contributed by atoms with Crippen LogP contribution in [0, 0.1) is 0 Å². The zero-order valence-electron chi connectivity index (χ0n) is 13.1. The van der Waals surface area contributed by atoms with Crippen molar-refractivity contribution in [2.24, 2.45) is 10.9 Å². The molecule has 7 heteroatoms. The van der Waals surface area contributed by atoms with Gasteiger partial charge in [0, 0.05) is 17.6 Å². The van der Waals surface area contributed by atoms with Gasteiger partial charge >= 0.3 is 0 Å². The minimum atomic E-state index is 0.0978. The van der Waals surface area contributed by atoms with E-state index in [4.69, 9.17) is 10.9 Å². The highest BCUT2D eigenvalue weighted by atomic mass is 16.4. The first-order valence-corrected chi connectivity index (χ1v) is 8.16. The van der Waals surface area contributed by atoms with Crippen LogP contribution in [0.2, 0.25) is 0 Å². The monoisotopic (exact) mass is 314 g/mol. The molecule has 3 heterocycles. The van der Waals surface area contributed by atoms with Gasteiger partial charge in [0.1, 0.15) is 11.8 Å². The van der Waals surface area contributed by atoms with E-state index in [0.717, 1.165) is 17.6 Å². The summed E-state index contributed by atoms with van der Waals surface area (Å²) >= 11 is 0. The number of nitrogens with zero attached hydrogens (tertiary/aromatic N) is 4. The highest BCUT2D eigenvalue weighted by Crippen LogP contribution is 2.38. The SMILES string of the molecule is NC(=NO)c1cccc2ncn(NCC34CCCN3CCC4)c12. The zero-order valence-corrected chi connectivity index (χ0v) is 13.1. The van der Waals surface area contributed by atoms with Gasteiger partial charge in [-0.05, 0) is 50.9 Å². The zero-order chi connectivity index (χ0) is 15.9. The van der Waals surface area contributed by atoms with Crippen LogP contribution in [0.5, 0.6) is 0 Å². The van der Waals surface area contributed by atoms with Crippen molar-refractivity contribution >= 4 is 16.9 Å². The van der Waals surface area contributed by atoms with Crippen LogP contribution in [0.4, 0.5) is 0 Å². The summed E-state index contributed by atoms with van der Waals surface area (Å²) in [4.78, 5) is 7.03. The van der Waals surface area contributed by atoms with Crippen molar-refractivity contribution in [2.75, 3.05) is 25.1 Å². The molecule has 0 bridgehead atoms. The Bertz CT molecular complexity index is 742. The minimum absolute atomic E-state index is 0.0978.